The molecule has 6 nitrogen and oxygen atoms in total. The van der Waals surface area contributed by atoms with Gasteiger partial charge in [0.25, 0.3) is 5.91 Å². The average molecular weight is 409 g/mol. The molecule has 1 aromatic heterocycles. The largest absolute Gasteiger partial charge is 0.338 e. The summed E-state index contributed by atoms with van der Waals surface area (Å²) < 4.78 is 1.85. The van der Waals surface area contributed by atoms with E-state index in [1.165, 1.54) is 0 Å². The molecule has 3 aromatic rings. The minimum absolute atomic E-state index is 0.0713. The number of anilines is 1. The van der Waals surface area contributed by atoms with Crippen molar-refractivity contribution in [2.45, 2.75) is 12.8 Å². The molecular weight excluding hydrogens is 388 g/mol. The van der Waals surface area contributed by atoms with Crippen molar-refractivity contribution in [3.8, 4) is 5.69 Å². The van der Waals surface area contributed by atoms with Crippen LogP contribution >= 0.6 is 11.6 Å². The van der Waals surface area contributed by atoms with Gasteiger partial charge in [-0.25, -0.2) is 4.98 Å². The molecule has 1 aliphatic heterocycles. The summed E-state index contributed by atoms with van der Waals surface area (Å²) in [6.45, 7) is 1.05. The molecule has 2 heterocycles. The van der Waals surface area contributed by atoms with Crippen LogP contribution in [0.2, 0.25) is 5.02 Å². The lowest BCUT2D eigenvalue weighted by Crippen LogP contribution is -2.43. The maximum atomic E-state index is 12.9. The first-order chi connectivity index (χ1) is 14.1. The Balaban J connectivity index is 1.46. The lowest BCUT2D eigenvalue weighted by Gasteiger charge is -2.32. The number of carbonyl (C=O) groups excluding carboxylic acids is 2. The van der Waals surface area contributed by atoms with E-state index < -0.39 is 0 Å². The van der Waals surface area contributed by atoms with Crippen LogP contribution in [0.15, 0.2) is 67.3 Å². The smallest absolute Gasteiger partial charge is 0.253 e. The first kappa shape index (κ1) is 19.2. The number of amides is 2. The number of hydrogen-bond donors (Lipinski definition) is 1. The zero-order valence-electron chi connectivity index (χ0n) is 15.8. The second kappa shape index (κ2) is 8.49. The van der Waals surface area contributed by atoms with Crippen molar-refractivity contribution in [2.75, 3.05) is 18.4 Å². The van der Waals surface area contributed by atoms with E-state index in [0.717, 1.165) is 24.2 Å². The van der Waals surface area contributed by atoms with Crippen LogP contribution in [0.3, 0.4) is 0 Å². The number of aromatic nitrogens is 2. The Labute approximate surface area is 174 Å². The first-order valence-electron chi connectivity index (χ1n) is 9.55. The molecule has 29 heavy (non-hydrogen) atoms. The maximum absolute atomic E-state index is 12.9. The van der Waals surface area contributed by atoms with Crippen LogP contribution in [-0.2, 0) is 4.79 Å². The second-order valence-electron chi connectivity index (χ2n) is 7.07. The minimum atomic E-state index is -0.254. The Kier molecular flexibility index (Phi) is 5.62. The number of carbonyl (C=O) groups is 2. The SMILES string of the molecule is O=C(Nc1ccccc1-n1ccnc1)[C@@H]1CCCN(C(=O)c2ccc(Cl)cc2)C1. The number of nitrogens with one attached hydrogen (secondary N) is 1. The normalized spacial score (nSPS) is 16.4. The number of benzene rings is 2. The maximum Gasteiger partial charge on any atom is 0.253 e. The molecule has 1 saturated heterocycles. The van der Waals surface area contributed by atoms with E-state index in [1.807, 2.05) is 35.0 Å². The van der Waals surface area contributed by atoms with Crippen LogP contribution in [0, 0.1) is 5.92 Å². The van der Waals surface area contributed by atoms with Gasteiger partial charge in [-0.3, -0.25) is 9.59 Å². The van der Waals surface area contributed by atoms with Gasteiger partial charge in [0.2, 0.25) is 5.91 Å². The third-order valence-electron chi connectivity index (χ3n) is 5.12. The number of likely N-dealkylation sites (tertiary alicyclic amines) is 1. The van der Waals surface area contributed by atoms with E-state index in [2.05, 4.69) is 10.3 Å². The summed E-state index contributed by atoms with van der Waals surface area (Å²) in [6, 6.07) is 14.4. The standard InChI is InChI=1S/C22H21ClN4O2/c23-18-9-7-16(8-10-18)22(29)26-12-3-4-17(14-26)21(28)25-19-5-1-2-6-20(19)27-13-11-24-15-27/h1-2,5-11,13,15,17H,3-4,12,14H2,(H,25,28)/t17-/m1/s1. The van der Waals surface area contributed by atoms with Gasteiger partial charge in [0.1, 0.15) is 0 Å². The minimum Gasteiger partial charge on any atom is -0.338 e. The molecule has 7 heteroatoms. The van der Waals surface area contributed by atoms with Gasteiger partial charge in [-0.05, 0) is 49.2 Å². The summed E-state index contributed by atoms with van der Waals surface area (Å²) in [7, 11) is 0. The molecule has 148 valence electrons. The predicted molar refractivity (Wildman–Crippen MR) is 112 cm³/mol. The number of nitrogens with zero attached hydrogens (tertiary/aromatic N) is 3. The first-order valence-corrected chi connectivity index (χ1v) is 9.92. The summed E-state index contributed by atoms with van der Waals surface area (Å²) in [6.07, 6.45) is 6.76. The molecule has 1 N–H and O–H groups in total. The number of hydrogen-bond acceptors (Lipinski definition) is 3. The van der Waals surface area contributed by atoms with Gasteiger partial charge < -0.3 is 14.8 Å². The van der Waals surface area contributed by atoms with Gasteiger partial charge in [-0.1, -0.05) is 23.7 Å². The van der Waals surface area contributed by atoms with Gasteiger partial charge in [0, 0.05) is 36.1 Å². The number of piperidine rings is 1. The van der Waals surface area contributed by atoms with Crippen molar-refractivity contribution in [2.24, 2.45) is 5.92 Å². The summed E-state index contributed by atoms with van der Waals surface area (Å²) in [5, 5.41) is 3.62. The fourth-order valence-electron chi connectivity index (χ4n) is 3.59. The highest BCUT2D eigenvalue weighted by atomic mass is 35.5. The monoisotopic (exact) mass is 408 g/mol. The van der Waals surface area contributed by atoms with Gasteiger partial charge >= 0.3 is 0 Å². The van der Waals surface area contributed by atoms with Gasteiger partial charge in [-0.15, -0.1) is 0 Å². The highest BCUT2D eigenvalue weighted by Crippen LogP contribution is 2.24. The van der Waals surface area contributed by atoms with E-state index in [-0.39, 0.29) is 17.7 Å². The summed E-state index contributed by atoms with van der Waals surface area (Å²) in [5.41, 5.74) is 2.15. The van der Waals surface area contributed by atoms with E-state index in [1.54, 1.807) is 41.7 Å². The fraction of sp³-hybridized carbons (Fsp3) is 0.227. The molecule has 0 saturated carbocycles. The molecule has 1 fully saturated rings. The van der Waals surface area contributed by atoms with Crippen LogP contribution in [0.1, 0.15) is 23.2 Å². The van der Waals surface area contributed by atoms with Crippen molar-refractivity contribution in [1.29, 1.82) is 0 Å². The van der Waals surface area contributed by atoms with Crippen LogP contribution in [0.25, 0.3) is 5.69 Å². The van der Waals surface area contributed by atoms with Gasteiger partial charge in [-0.2, -0.15) is 0 Å². The molecule has 0 unspecified atom stereocenters. The zero-order chi connectivity index (χ0) is 20.2. The van der Waals surface area contributed by atoms with E-state index >= 15 is 0 Å². The van der Waals surface area contributed by atoms with Gasteiger partial charge in [0.15, 0.2) is 0 Å². The Bertz CT molecular complexity index is 1000. The van der Waals surface area contributed by atoms with E-state index in [4.69, 9.17) is 11.6 Å². The van der Waals surface area contributed by atoms with Crippen LogP contribution in [0.5, 0.6) is 0 Å². The number of imidazole rings is 1. The molecule has 4 rings (SSSR count). The molecular formula is C22H21ClN4O2. The van der Waals surface area contributed by atoms with Gasteiger partial charge in [0.05, 0.1) is 23.6 Å². The van der Waals surface area contributed by atoms with E-state index in [0.29, 0.717) is 23.7 Å². The zero-order valence-corrected chi connectivity index (χ0v) is 16.5. The molecule has 0 aliphatic carbocycles. The third kappa shape index (κ3) is 4.32. The Morgan fingerprint density at radius 3 is 2.66 bits per heavy atom. The molecule has 2 aromatic carbocycles. The van der Waals surface area contributed by atoms with Crippen molar-refractivity contribution < 1.29 is 9.59 Å². The number of halogens is 1. The van der Waals surface area contributed by atoms with Crippen LogP contribution in [-0.4, -0.2) is 39.4 Å². The van der Waals surface area contributed by atoms with Crippen LogP contribution in [0.4, 0.5) is 5.69 Å². The molecule has 1 atom stereocenters. The Morgan fingerprint density at radius 1 is 1.10 bits per heavy atom. The second-order valence-corrected chi connectivity index (χ2v) is 7.51. The molecule has 2 amide bonds. The number of para-hydroxylation sites is 2. The lowest BCUT2D eigenvalue weighted by molar-refractivity contribution is -0.121. The molecule has 0 bridgehead atoms. The van der Waals surface area contributed by atoms with Crippen LogP contribution < -0.4 is 5.32 Å². The molecule has 1 aliphatic rings. The summed E-state index contributed by atoms with van der Waals surface area (Å²) in [5.74, 6) is -0.403. The van der Waals surface area contributed by atoms with Crippen molar-refractivity contribution in [1.82, 2.24) is 14.5 Å². The van der Waals surface area contributed by atoms with Crippen molar-refractivity contribution in [3.05, 3.63) is 77.8 Å². The fourth-order valence-corrected chi connectivity index (χ4v) is 3.72. The highest BCUT2D eigenvalue weighted by molar-refractivity contribution is 6.30. The third-order valence-corrected chi connectivity index (χ3v) is 5.37. The summed E-state index contributed by atoms with van der Waals surface area (Å²) in [4.78, 5) is 31.6. The van der Waals surface area contributed by atoms with E-state index in [9.17, 15) is 9.59 Å². The lowest BCUT2D eigenvalue weighted by atomic mass is 9.96. The topological polar surface area (TPSA) is 67.2 Å². The Morgan fingerprint density at radius 2 is 1.90 bits per heavy atom. The van der Waals surface area contributed by atoms with Crippen molar-refractivity contribution in [3.63, 3.8) is 0 Å². The molecule has 0 spiro atoms. The van der Waals surface area contributed by atoms with Crippen molar-refractivity contribution >= 4 is 29.1 Å². The molecule has 0 radical (unpaired) electrons. The highest BCUT2D eigenvalue weighted by Gasteiger charge is 2.29. The predicted octanol–water partition coefficient (Wildman–Crippen LogP) is 4.02. The summed E-state index contributed by atoms with van der Waals surface area (Å²) >= 11 is 5.91. The number of rotatable bonds is 4. The Hall–Kier alpha value is -3.12. The average Bonchev–Trinajstić information content (AvgIpc) is 3.29. The quantitative estimate of drug-likeness (QED) is 0.709.